The molecule has 0 aliphatic heterocycles. The van der Waals surface area contributed by atoms with E-state index in [1.807, 2.05) is 13.0 Å². The summed E-state index contributed by atoms with van der Waals surface area (Å²) in [6.45, 7) is 11.4. The quantitative estimate of drug-likeness (QED) is 0.582. The molecule has 3 aromatic rings. The molecule has 0 unspecified atom stereocenters. The Balaban J connectivity index is 1.94. The number of aromatic nitrogens is 2. The molecule has 0 aliphatic rings. The van der Waals surface area contributed by atoms with E-state index in [0.717, 1.165) is 36.3 Å². The Morgan fingerprint density at radius 1 is 1.15 bits per heavy atom. The zero-order valence-corrected chi connectivity index (χ0v) is 17.2. The van der Waals surface area contributed by atoms with Crippen LogP contribution in [0.4, 0.5) is 5.13 Å². The van der Waals surface area contributed by atoms with E-state index >= 15 is 0 Å². The van der Waals surface area contributed by atoms with Crippen LogP contribution >= 0.6 is 11.3 Å². The van der Waals surface area contributed by atoms with E-state index in [-0.39, 0.29) is 11.7 Å². The lowest BCUT2D eigenvalue weighted by molar-refractivity contribution is 0.0948. The number of likely N-dealkylation sites (N-methyl/N-ethyl adjacent to an activating group) is 1. The summed E-state index contributed by atoms with van der Waals surface area (Å²) in [5.74, 6) is 0.0538. The highest BCUT2D eigenvalue weighted by Gasteiger charge is 2.25. The van der Waals surface area contributed by atoms with Crippen molar-refractivity contribution in [1.29, 1.82) is 0 Å². The average Bonchev–Trinajstić information content (AvgIpc) is 3.30. The van der Waals surface area contributed by atoms with Crippen molar-refractivity contribution in [3.05, 3.63) is 41.3 Å². The van der Waals surface area contributed by atoms with Crippen molar-refractivity contribution in [3.8, 4) is 0 Å². The molecule has 0 fully saturated rings. The molecule has 27 heavy (non-hydrogen) atoms. The first-order valence-corrected chi connectivity index (χ1v) is 10.2. The third-order valence-electron chi connectivity index (χ3n) is 4.70. The minimum absolute atomic E-state index is 0.197. The van der Waals surface area contributed by atoms with Crippen LogP contribution < -0.4 is 4.90 Å². The topological polar surface area (TPSA) is 62.5 Å². The highest BCUT2D eigenvalue weighted by atomic mass is 32.1. The van der Waals surface area contributed by atoms with E-state index < -0.39 is 0 Å². The van der Waals surface area contributed by atoms with E-state index in [4.69, 9.17) is 9.51 Å². The fourth-order valence-electron chi connectivity index (χ4n) is 2.95. The number of fused-ring (bicyclic) bond motifs is 1. The molecule has 1 amide bonds. The lowest BCUT2D eigenvalue weighted by Gasteiger charge is -2.23. The normalized spacial score (nSPS) is 11.4. The van der Waals surface area contributed by atoms with E-state index in [0.29, 0.717) is 17.4 Å². The average molecular weight is 387 g/mol. The molecular weight excluding hydrogens is 360 g/mol. The van der Waals surface area contributed by atoms with Gasteiger partial charge in [0.2, 0.25) is 5.76 Å². The van der Waals surface area contributed by atoms with Gasteiger partial charge in [-0.1, -0.05) is 43.3 Å². The van der Waals surface area contributed by atoms with E-state index in [9.17, 15) is 4.79 Å². The molecule has 0 bridgehead atoms. The molecular formula is C20H26N4O2S. The number of hydrogen-bond donors (Lipinski definition) is 0. The summed E-state index contributed by atoms with van der Waals surface area (Å²) in [4.78, 5) is 21.8. The lowest BCUT2D eigenvalue weighted by atomic mass is 10.2. The summed E-state index contributed by atoms with van der Waals surface area (Å²) >= 11 is 1.54. The molecule has 0 atom stereocenters. The first-order chi connectivity index (χ1) is 13.0. The van der Waals surface area contributed by atoms with Crippen molar-refractivity contribution in [3.63, 3.8) is 0 Å². The molecule has 0 saturated carbocycles. The van der Waals surface area contributed by atoms with Crippen LogP contribution in [0.1, 0.15) is 42.6 Å². The monoisotopic (exact) mass is 386 g/mol. The van der Waals surface area contributed by atoms with Gasteiger partial charge >= 0.3 is 0 Å². The Kier molecular flexibility index (Phi) is 6.23. The summed E-state index contributed by atoms with van der Waals surface area (Å²) < 4.78 is 6.32. The number of nitrogens with zero attached hydrogens (tertiary/aromatic N) is 4. The van der Waals surface area contributed by atoms with Crippen LogP contribution in [0.2, 0.25) is 0 Å². The van der Waals surface area contributed by atoms with Gasteiger partial charge in [-0.05, 0) is 44.1 Å². The fourth-order valence-corrected chi connectivity index (χ4v) is 4.01. The Bertz CT molecular complexity index is 914. The van der Waals surface area contributed by atoms with E-state index in [2.05, 4.69) is 43.0 Å². The molecule has 6 nitrogen and oxygen atoms in total. The van der Waals surface area contributed by atoms with Crippen molar-refractivity contribution >= 4 is 32.6 Å². The molecule has 0 N–H and O–H groups in total. The molecule has 3 rings (SSSR count). The van der Waals surface area contributed by atoms with Gasteiger partial charge in [-0.3, -0.25) is 9.69 Å². The predicted octanol–water partition coefficient (Wildman–Crippen LogP) is 4.14. The van der Waals surface area contributed by atoms with Gasteiger partial charge in [0, 0.05) is 19.2 Å². The van der Waals surface area contributed by atoms with Crippen LogP contribution in [-0.4, -0.2) is 47.1 Å². The molecule has 2 heterocycles. The van der Waals surface area contributed by atoms with Crippen LogP contribution in [0.5, 0.6) is 0 Å². The summed E-state index contributed by atoms with van der Waals surface area (Å²) in [6.07, 6.45) is 0.977. The molecule has 1 aromatic carbocycles. The van der Waals surface area contributed by atoms with Gasteiger partial charge in [-0.25, -0.2) is 4.98 Å². The van der Waals surface area contributed by atoms with Crippen molar-refractivity contribution in [1.82, 2.24) is 15.0 Å². The second kappa shape index (κ2) is 8.63. The van der Waals surface area contributed by atoms with Gasteiger partial charge in [-0.15, -0.1) is 0 Å². The van der Waals surface area contributed by atoms with E-state index in [1.54, 1.807) is 22.3 Å². The highest BCUT2D eigenvalue weighted by Crippen LogP contribution is 2.30. The molecule has 7 heteroatoms. The molecule has 144 valence electrons. The fraction of sp³-hybridized carbons (Fsp3) is 0.450. The Morgan fingerprint density at radius 3 is 2.56 bits per heavy atom. The van der Waals surface area contributed by atoms with Gasteiger partial charge in [0.15, 0.2) is 5.13 Å². The van der Waals surface area contributed by atoms with Crippen LogP contribution in [0.15, 0.2) is 28.8 Å². The zero-order valence-electron chi connectivity index (χ0n) is 16.4. The third-order valence-corrected chi connectivity index (χ3v) is 5.74. The van der Waals surface area contributed by atoms with Crippen LogP contribution in [0, 0.1) is 6.92 Å². The molecule has 0 spiro atoms. The molecule has 0 saturated heterocycles. The number of benzene rings is 1. The van der Waals surface area contributed by atoms with Gasteiger partial charge in [0.1, 0.15) is 0 Å². The zero-order chi connectivity index (χ0) is 19.4. The second-order valence-electron chi connectivity index (χ2n) is 6.47. The smallest absolute Gasteiger partial charge is 0.298 e. The molecule has 2 aromatic heterocycles. The minimum atomic E-state index is -0.197. The number of amides is 1. The maximum atomic E-state index is 13.1. The van der Waals surface area contributed by atoms with Crippen LogP contribution in [0.3, 0.4) is 0 Å². The standard InChI is InChI=1S/C20H26N4O2S/c1-5-15-8-9-16-18(13-15)27-20(21-16)24(11-10-23(6-2)7-3)19(25)17-12-14(4)22-26-17/h8-9,12-13H,5-7,10-11H2,1-4H3. The second-order valence-corrected chi connectivity index (χ2v) is 7.48. The lowest BCUT2D eigenvalue weighted by Crippen LogP contribution is -2.38. The van der Waals surface area contributed by atoms with Gasteiger partial charge < -0.3 is 9.42 Å². The largest absolute Gasteiger partial charge is 0.351 e. The predicted molar refractivity (Wildman–Crippen MR) is 110 cm³/mol. The number of carbonyl (C=O) groups is 1. The van der Waals surface area contributed by atoms with Crippen molar-refractivity contribution in [2.45, 2.75) is 34.1 Å². The summed E-state index contributed by atoms with van der Waals surface area (Å²) in [7, 11) is 0. The summed E-state index contributed by atoms with van der Waals surface area (Å²) in [5, 5.41) is 4.56. The number of carbonyl (C=O) groups excluding carboxylic acids is 1. The highest BCUT2D eigenvalue weighted by molar-refractivity contribution is 7.22. The summed E-state index contributed by atoms with van der Waals surface area (Å²) in [5.41, 5.74) is 2.88. The number of anilines is 1. The first-order valence-electron chi connectivity index (χ1n) is 9.42. The van der Waals surface area contributed by atoms with Gasteiger partial charge in [0.25, 0.3) is 5.91 Å². The van der Waals surface area contributed by atoms with Crippen molar-refractivity contribution in [2.24, 2.45) is 0 Å². The number of rotatable bonds is 8. The number of aryl methyl sites for hydroxylation is 2. The van der Waals surface area contributed by atoms with Gasteiger partial charge in [0.05, 0.1) is 15.9 Å². The number of thiazole rings is 1. The van der Waals surface area contributed by atoms with E-state index in [1.165, 1.54) is 5.56 Å². The Labute approximate surface area is 163 Å². The summed E-state index contributed by atoms with van der Waals surface area (Å²) in [6, 6.07) is 7.95. The maximum Gasteiger partial charge on any atom is 0.298 e. The van der Waals surface area contributed by atoms with Crippen molar-refractivity contribution < 1.29 is 9.32 Å². The van der Waals surface area contributed by atoms with Gasteiger partial charge in [-0.2, -0.15) is 0 Å². The minimum Gasteiger partial charge on any atom is -0.351 e. The molecule has 0 aliphatic carbocycles. The van der Waals surface area contributed by atoms with Crippen LogP contribution in [-0.2, 0) is 6.42 Å². The SMILES string of the molecule is CCc1ccc2nc(N(CCN(CC)CC)C(=O)c3cc(C)no3)sc2c1. The Morgan fingerprint density at radius 2 is 1.93 bits per heavy atom. The van der Waals surface area contributed by atoms with Crippen LogP contribution in [0.25, 0.3) is 10.2 Å². The van der Waals surface area contributed by atoms with Crippen molar-refractivity contribution in [2.75, 3.05) is 31.1 Å². The number of hydrogen-bond acceptors (Lipinski definition) is 6. The molecule has 0 radical (unpaired) electrons. The Hall–Kier alpha value is -2.25. The maximum absolute atomic E-state index is 13.1. The first kappa shape index (κ1) is 19.5. The third kappa shape index (κ3) is 4.36.